The molecule has 10 heteroatoms. The number of nitrogens with one attached hydrogen (secondary N) is 1. The van der Waals surface area contributed by atoms with Crippen molar-refractivity contribution in [3.05, 3.63) is 30.6 Å². The molecule has 1 fully saturated rings. The standard InChI is InChI=1S/C9H12BIN2O6/c11-5-2-13(9(16)12-8(5)15)7-1-4(10(17)18)6(3-14)19-7/h2,4,6-7,14,17-18H,1,3H2,(H,12,15,16)/t4-,6+,7-/m0/s1. The predicted molar refractivity (Wildman–Crippen MR) is 73.6 cm³/mol. The van der Waals surface area contributed by atoms with Crippen LogP contribution in [0.5, 0.6) is 0 Å². The van der Waals surface area contributed by atoms with Gasteiger partial charge in [0.05, 0.1) is 16.3 Å². The Hall–Kier alpha value is -0.685. The summed E-state index contributed by atoms with van der Waals surface area (Å²) in [5.41, 5.74) is -1.13. The summed E-state index contributed by atoms with van der Waals surface area (Å²) in [7, 11) is -1.64. The van der Waals surface area contributed by atoms with Gasteiger partial charge in [0, 0.05) is 12.0 Å². The topological polar surface area (TPSA) is 125 Å². The Balaban J connectivity index is 2.32. The second-order valence-electron chi connectivity index (χ2n) is 4.27. The van der Waals surface area contributed by atoms with Crippen molar-refractivity contribution < 1.29 is 19.9 Å². The van der Waals surface area contributed by atoms with E-state index < -0.39 is 36.5 Å². The molecule has 8 nitrogen and oxygen atoms in total. The number of aromatic nitrogens is 2. The smallest absolute Gasteiger partial charge is 0.427 e. The number of aromatic amines is 1. The van der Waals surface area contributed by atoms with E-state index in [9.17, 15) is 19.6 Å². The van der Waals surface area contributed by atoms with E-state index >= 15 is 0 Å². The lowest BCUT2D eigenvalue weighted by molar-refractivity contribution is -0.0258. The number of nitrogens with zero attached hydrogens (tertiary/aromatic N) is 1. The molecule has 19 heavy (non-hydrogen) atoms. The van der Waals surface area contributed by atoms with Crippen LogP contribution in [0.2, 0.25) is 5.82 Å². The van der Waals surface area contributed by atoms with Gasteiger partial charge in [0.25, 0.3) is 5.56 Å². The molecule has 0 aliphatic carbocycles. The molecular formula is C9H12BIN2O6. The second-order valence-corrected chi connectivity index (χ2v) is 5.43. The van der Waals surface area contributed by atoms with E-state index in [4.69, 9.17) is 9.84 Å². The quantitative estimate of drug-likeness (QED) is 0.364. The van der Waals surface area contributed by atoms with Crippen molar-refractivity contribution in [1.29, 1.82) is 0 Å². The molecule has 0 bridgehead atoms. The van der Waals surface area contributed by atoms with Gasteiger partial charge in [-0.2, -0.15) is 0 Å². The number of H-pyrrole nitrogens is 1. The number of hydrogen-bond donors (Lipinski definition) is 4. The fourth-order valence-electron chi connectivity index (χ4n) is 2.09. The van der Waals surface area contributed by atoms with Crippen molar-refractivity contribution in [3.63, 3.8) is 0 Å². The first-order chi connectivity index (χ1) is 8.93. The van der Waals surface area contributed by atoms with Gasteiger partial charge < -0.3 is 19.9 Å². The summed E-state index contributed by atoms with van der Waals surface area (Å²) >= 11 is 1.78. The normalized spacial score (nSPS) is 26.6. The Bertz CT molecular complexity index is 573. The second kappa shape index (κ2) is 5.75. The number of halogens is 1. The van der Waals surface area contributed by atoms with Crippen LogP contribution in [0.15, 0.2) is 15.8 Å². The predicted octanol–water partition coefficient (Wildman–Crippen LogP) is -1.74. The van der Waals surface area contributed by atoms with Crippen molar-refractivity contribution in [2.24, 2.45) is 0 Å². The maximum Gasteiger partial charge on any atom is 0.457 e. The van der Waals surface area contributed by atoms with Crippen LogP contribution in [0.25, 0.3) is 0 Å². The lowest BCUT2D eigenvalue weighted by Gasteiger charge is -2.15. The molecule has 104 valence electrons. The van der Waals surface area contributed by atoms with Crippen LogP contribution in [0.3, 0.4) is 0 Å². The Morgan fingerprint density at radius 3 is 2.74 bits per heavy atom. The molecule has 0 unspecified atom stereocenters. The molecule has 0 saturated carbocycles. The first-order valence-electron chi connectivity index (χ1n) is 5.57. The Labute approximate surface area is 121 Å². The number of rotatable bonds is 3. The lowest BCUT2D eigenvalue weighted by atomic mass is 9.69. The third-order valence-corrected chi connectivity index (χ3v) is 3.85. The van der Waals surface area contributed by atoms with Gasteiger partial charge in [-0.25, -0.2) is 4.79 Å². The summed E-state index contributed by atoms with van der Waals surface area (Å²) in [5.74, 6) is -0.688. The van der Waals surface area contributed by atoms with E-state index in [-0.39, 0.29) is 13.0 Å². The van der Waals surface area contributed by atoms with E-state index in [1.807, 2.05) is 0 Å². The van der Waals surface area contributed by atoms with E-state index in [1.54, 1.807) is 22.6 Å². The Morgan fingerprint density at radius 1 is 1.53 bits per heavy atom. The third kappa shape index (κ3) is 2.92. The van der Waals surface area contributed by atoms with Crippen molar-refractivity contribution in [3.8, 4) is 0 Å². The average Bonchev–Trinajstić information content (AvgIpc) is 2.77. The lowest BCUT2D eigenvalue weighted by Crippen LogP contribution is -2.33. The molecule has 1 aliphatic heterocycles. The highest BCUT2D eigenvalue weighted by molar-refractivity contribution is 14.1. The average molecular weight is 382 g/mol. The van der Waals surface area contributed by atoms with E-state index in [0.29, 0.717) is 3.57 Å². The van der Waals surface area contributed by atoms with Crippen LogP contribution in [0.1, 0.15) is 12.6 Å². The van der Waals surface area contributed by atoms with Crippen molar-refractivity contribution in [2.45, 2.75) is 24.6 Å². The minimum atomic E-state index is -1.64. The molecule has 3 atom stereocenters. The van der Waals surface area contributed by atoms with Gasteiger partial charge in [-0.05, 0) is 29.0 Å². The van der Waals surface area contributed by atoms with Crippen LogP contribution < -0.4 is 11.2 Å². The van der Waals surface area contributed by atoms with Crippen molar-refractivity contribution in [1.82, 2.24) is 9.55 Å². The van der Waals surface area contributed by atoms with Gasteiger partial charge in [0.2, 0.25) is 0 Å². The minimum Gasteiger partial charge on any atom is -0.427 e. The number of ether oxygens (including phenoxy) is 1. The Kier molecular flexibility index (Phi) is 4.45. The summed E-state index contributed by atoms with van der Waals surface area (Å²) < 4.78 is 6.90. The van der Waals surface area contributed by atoms with E-state index in [1.165, 1.54) is 10.8 Å². The van der Waals surface area contributed by atoms with E-state index in [2.05, 4.69) is 4.98 Å². The van der Waals surface area contributed by atoms with Crippen LogP contribution in [-0.4, -0.2) is 44.5 Å². The molecule has 0 amide bonds. The molecular weight excluding hydrogens is 370 g/mol. The summed E-state index contributed by atoms with van der Waals surface area (Å²) in [6, 6.07) is 0. The zero-order chi connectivity index (χ0) is 14.2. The largest absolute Gasteiger partial charge is 0.457 e. The SMILES string of the molecule is O=c1[nH]c(=O)n([C@@H]2C[C@H](B(O)O)[C@@H](CO)O2)cc1I. The maximum atomic E-state index is 11.7. The molecule has 0 radical (unpaired) electrons. The van der Waals surface area contributed by atoms with Gasteiger partial charge in [-0.1, -0.05) is 0 Å². The molecule has 0 aromatic carbocycles. The number of aliphatic hydroxyl groups excluding tert-OH is 1. The highest BCUT2D eigenvalue weighted by Gasteiger charge is 2.42. The fraction of sp³-hybridized carbons (Fsp3) is 0.556. The van der Waals surface area contributed by atoms with Gasteiger partial charge >= 0.3 is 12.8 Å². The zero-order valence-electron chi connectivity index (χ0n) is 9.69. The van der Waals surface area contributed by atoms with Crippen LogP contribution in [-0.2, 0) is 4.74 Å². The summed E-state index contributed by atoms with van der Waals surface area (Å²) in [6.07, 6.45) is -0.0129. The van der Waals surface area contributed by atoms with Gasteiger partial charge in [0.1, 0.15) is 6.23 Å². The molecule has 4 N–H and O–H groups in total. The molecule has 1 aromatic heterocycles. The highest BCUT2D eigenvalue weighted by atomic mass is 127. The number of hydrogen-bond acceptors (Lipinski definition) is 6. The molecule has 1 saturated heterocycles. The monoisotopic (exact) mass is 382 g/mol. The van der Waals surface area contributed by atoms with Gasteiger partial charge in [-0.15, -0.1) is 0 Å². The van der Waals surface area contributed by atoms with Gasteiger partial charge in [0.15, 0.2) is 0 Å². The summed E-state index contributed by atoms with van der Waals surface area (Å²) in [4.78, 5) is 25.1. The first kappa shape index (κ1) is 14.7. The fourth-order valence-corrected chi connectivity index (χ4v) is 2.52. The summed E-state index contributed by atoms with van der Waals surface area (Å²) in [6.45, 7) is -0.381. The summed E-state index contributed by atoms with van der Waals surface area (Å²) in [5, 5.41) is 27.5. The first-order valence-corrected chi connectivity index (χ1v) is 6.65. The maximum absolute atomic E-state index is 11.7. The van der Waals surface area contributed by atoms with Crippen LogP contribution in [0, 0.1) is 3.57 Å². The van der Waals surface area contributed by atoms with Crippen LogP contribution in [0.4, 0.5) is 0 Å². The van der Waals surface area contributed by atoms with Crippen LogP contribution >= 0.6 is 22.6 Å². The third-order valence-electron chi connectivity index (χ3n) is 3.08. The minimum absolute atomic E-state index is 0.158. The van der Waals surface area contributed by atoms with Crippen molar-refractivity contribution >= 4 is 29.7 Å². The van der Waals surface area contributed by atoms with E-state index in [0.717, 1.165) is 0 Å². The molecule has 1 aliphatic rings. The zero-order valence-corrected chi connectivity index (χ0v) is 11.9. The molecule has 1 aromatic rings. The molecule has 0 spiro atoms. The highest BCUT2D eigenvalue weighted by Crippen LogP contribution is 2.37. The van der Waals surface area contributed by atoms with Gasteiger partial charge in [-0.3, -0.25) is 14.3 Å². The number of aliphatic hydroxyl groups is 1. The Morgan fingerprint density at radius 2 is 2.21 bits per heavy atom. The molecule has 2 heterocycles. The molecule has 2 rings (SSSR count). The van der Waals surface area contributed by atoms with Crippen molar-refractivity contribution in [2.75, 3.05) is 6.61 Å².